The number of para-hydroxylation sites is 1. The molecule has 1 atom stereocenters. The van der Waals surface area contributed by atoms with Gasteiger partial charge in [0.15, 0.2) is 0 Å². The van der Waals surface area contributed by atoms with E-state index in [0.717, 1.165) is 23.7 Å². The fourth-order valence-corrected chi connectivity index (χ4v) is 3.52. The van der Waals surface area contributed by atoms with Crippen LogP contribution in [0.4, 0.5) is 0 Å². The van der Waals surface area contributed by atoms with Gasteiger partial charge in [0.05, 0.1) is 5.52 Å². The van der Waals surface area contributed by atoms with E-state index in [9.17, 15) is 14.4 Å². The fourth-order valence-electron chi connectivity index (χ4n) is 3.52. The van der Waals surface area contributed by atoms with Crippen LogP contribution in [0.15, 0.2) is 41.2 Å². The molecule has 1 saturated heterocycles. The SMILES string of the molecule is CCCCC1C(=O)N(C)CCN1C(=O)Cn1c(=O)ccc2ccccc21. The molecule has 2 aromatic rings. The van der Waals surface area contributed by atoms with Crippen LogP contribution in [0.5, 0.6) is 0 Å². The Bertz CT molecular complexity index is 874. The van der Waals surface area contributed by atoms with Crippen LogP contribution in [0.1, 0.15) is 26.2 Å². The highest BCUT2D eigenvalue weighted by molar-refractivity contribution is 5.89. The molecule has 2 amide bonds. The van der Waals surface area contributed by atoms with Gasteiger partial charge in [0.25, 0.3) is 5.56 Å². The highest BCUT2D eigenvalue weighted by Gasteiger charge is 2.35. The van der Waals surface area contributed by atoms with Gasteiger partial charge < -0.3 is 9.80 Å². The van der Waals surface area contributed by atoms with Gasteiger partial charge in [-0.1, -0.05) is 38.0 Å². The first-order valence-electron chi connectivity index (χ1n) is 9.16. The lowest BCUT2D eigenvalue weighted by Gasteiger charge is -2.39. The van der Waals surface area contributed by atoms with Gasteiger partial charge in [0, 0.05) is 26.2 Å². The lowest BCUT2D eigenvalue weighted by Crippen LogP contribution is -2.58. The summed E-state index contributed by atoms with van der Waals surface area (Å²) in [6, 6.07) is 10.3. The Morgan fingerprint density at radius 1 is 1.12 bits per heavy atom. The number of carbonyl (C=O) groups is 2. The summed E-state index contributed by atoms with van der Waals surface area (Å²) in [7, 11) is 1.78. The van der Waals surface area contributed by atoms with E-state index in [1.807, 2.05) is 24.3 Å². The van der Waals surface area contributed by atoms with Gasteiger partial charge in [-0.25, -0.2) is 0 Å². The Morgan fingerprint density at radius 2 is 1.88 bits per heavy atom. The smallest absolute Gasteiger partial charge is 0.251 e. The van der Waals surface area contributed by atoms with Crippen LogP contribution in [0.2, 0.25) is 0 Å². The molecular weight excluding hydrogens is 330 g/mol. The number of benzene rings is 1. The van der Waals surface area contributed by atoms with Crippen molar-refractivity contribution >= 4 is 22.7 Å². The summed E-state index contributed by atoms with van der Waals surface area (Å²) < 4.78 is 1.50. The molecule has 0 N–H and O–H groups in total. The van der Waals surface area contributed by atoms with E-state index in [0.29, 0.717) is 19.5 Å². The number of amides is 2. The summed E-state index contributed by atoms with van der Waals surface area (Å²) in [4.78, 5) is 41.2. The van der Waals surface area contributed by atoms with Crippen molar-refractivity contribution in [1.29, 1.82) is 0 Å². The molecule has 6 nitrogen and oxygen atoms in total. The van der Waals surface area contributed by atoms with E-state index < -0.39 is 6.04 Å². The first kappa shape index (κ1) is 18.2. The van der Waals surface area contributed by atoms with Gasteiger partial charge in [0.1, 0.15) is 12.6 Å². The number of piperazine rings is 1. The number of hydrogen-bond acceptors (Lipinski definition) is 3. The Kier molecular flexibility index (Phi) is 5.40. The topological polar surface area (TPSA) is 62.6 Å². The van der Waals surface area contributed by atoms with E-state index in [1.54, 1.807) is 22.9 Å². The largest absolute Gasteiger partial charge is 0.342 e. The van der Waals surface area contributed by atoms with Crippen LogP contribution in [-0.2, 0) is 16.1 Å². The molecule has 1 unspecified atom stereocenters. The number of nitrogens with zero attached hydrogens (tertiary/aromatic N) is 3. The summed E-state index contributed by atoms with van der Waals surface area (Å²) in [6.07, 6.45) is 2.52. The molecule has 3 rings (SSSR count). The first-order chi connectivity index (χ1) is 12.5. The molecule has 1 aliphatic heterocycles. The van der Waals surface area contributed by atoms with Gasteiger partial charge in [-0.2, -0.15) is 0 Å². The zero-order valence-corrected chi connectivity index (χ0v) is 15.4. The van der Waals surface area contributed by atoms with E-state index >= 15 is 0 Å². The Morgan fingerprint density at radius 3 is 2.65 bits per heavy atom. The van der Waals surface area contributed by atoms with E-state index in [4.69, 9.17) is 0 Å². The molecule has 1 fully saturated rings. The Balaban J connectivity index is 1.88. The molecule has 2 heterocycles. The number of pyridine rings is 1. The molecule has 26 heavy (non-hydrogen) atoms. The number of rotatable bonds is 5. The average Bonchev–Trinajstić information content (AvgIpc) is 2.65. The van der Waals surface area contributed by atoms with Crippen LogP contribution >= 0.6 is 0 Å². The third kappa shape index (κ3) is 3.49. The molecule has 0 saturated carbocycles. The minimum absolute atomic E-state index is 0.0108. The minimum atomic E-state index is -0.424. The predicted molar refractivity (Wildman–Crippen MR) is 101 cm³/mol. The van der Waals surface area contributed by atoms with Gasteiger partial charge in [-0.3, -0.25) is 19.0 Å². The molecule has 1 aromatic heterocycles. The summed E-state index contributed by atoms with van der Waals surface area (Å²) in [6.45, 7) is 3.06. The maximum absolute atomic E-state index is 13.0. The van der Waals surface area contributed by atoms with Crippen molar-refractivity contribution in [2.75, 3.05) is 20.1 Å². The number of aromatic nitrogens is 1. The maximum atomic E-state index is 13.0. The Labute approximate surface area is 153 Å². The molecule has 1 aromatic carbocycles. The molecule has 6 heteroatoms. The van der Waals surface area contributed by atoms with Crippen molar-refractivity contribution in [3.63, 3.8) is 0 Å². The minimum Gasteiger partial charge on any atom is -0.342 e. The lowest BCUT2D eigenvalue weighted by molar-refractivity contribution is -0.151. The third-order valence-electron chi connectivity index (χ3n) is 5.06. The second kappa shape index (κ2) is 7.72. The second-order valence-corrected chi connectivity index (χ2v) is 6.82. The first-order valence-corrected chi connectivity index (χ1v) is 9.16. The van der Waals surface area contributed by atoms with E-state index in [1.165, 1.54) is 10.6 Å². The van der Waals surface area contributed by atoms with Crippen molar-refractivity contribution in [3.05, 3.63) is 46.8 Å². The van der Waals surface area contributed by atoms with Crippen LogP contribution in [0.3, 0.4) is 0 Å². The number of hydrogen-bond donors (Lipinski definition) is 0. The number of fused-ring (bicyclic) bond motifs is 1. The molecule has 0 spiro atoms. The van der Waals surface area contributed by atoms with Gasteiger partial charge in [0.2, 0.25) is 11.8 Å². The predicted octanol–water partition coefficient (Wildman–Crippen LogP) is 1.86. The average molecular weight is 355 g/mol. The van der Waals surface area contributed by atoms with Crippen molar-refractivity contribution in [2.45, 2.75) is 38.8 Å². The molecule has 0 bridgehead atoms. The zero-order valence-electron chi connectivity index (χ0n) is 15.4. The molecular formula is C20H25N3O3. The molecule has 0 radical (unpaired) electrons. The van der Waals surface area contributed by atoms with Gasteiger partial charge >= 0.3 is 0 Å². The number of unbranched alkanes of at least 4 members (excludes halogenated alkanes) is 1. The summed E-state index contributed by atoms with van der Waals surface area (Å²) in [5.74, 6) is -0.186. The quantitative estimate of drug-likeness (QED) is 0.822. The van der Waals surface area contributed by atoms with Crippen molar-refractivity contribution in [1.82, 2.24) is 14.4 Å². The standard InChI is InChI=1S/C20H25N3O3/c1-3-4-8-17-20(26)21(2)12-13-22(17)19(25)14-23-16-9-6-5-7-15(16)10-11-18(23)24/h5-7,9-11,17H,3-4,8,12-14H2,1-2H3. The van der Waals surface area contributed by atoms with Crippen molar-refractivity contribution < 1.29 is 9.59 Å². The van der Waals surface area contributed by atoms with Crippen LogP contribution < -0.4 is 5.56 Å². The van der Waals surface area contributed by atoms with Crippen LogP contribution in [-0.4, -0.2) is 52.4 Å². The molecule has 0 aliphatic carbocycles. The highest BCUT2D eigenvalue weighted by Crippen LogP contribution is 2.18. The van der Waals surface area contributed by atoms with Gasteiger partial charge in [-0.05, 0) is 23.9 Å². The van der Waals surface area contributed by atoms with Crippen LogP contribution in [0, 0.1) is 0 Å². The van der Waals surface area contributed by atoms with Crippen molar-refractivity contribution in [2.24, 2.45) is 0 Å². The third-order valence-corrected chi connectivity index (χ3v) is 5.06. The fraction of sp³-hybridized carbons (Fsp3) is 0.450. The van der Waals surface area contributed by atoms with Gasteiger partial charge in [-0.15, -0.1) is 0 Å². The second-order valence-electron chi connectivity index (χ2n) is 6.82. The zero-order chi connectivity index (χ0) is 18.7. The molecule has 138 valence electrons. The summed E-state index contributed by atoms with van der Waals surface area (Å²) >= 11 is 0. The van der Waals surface area contributed by atoms with Crippen LogP contribution in [0.25, 0.3) is 10.9 Å². The molecule has 1 aliphatic rings. The summed E-state index contributed by atoms with van der Waals surface area (Å²) in [5.41, 5.74) is 0.529. The number of carbonyl (C=O) groups excluding carboxylic acids is 2. The monoisotopic (exact) mass is 355 g/mol. The number of likely N-dealkylation sites (N-methyl/N-ethyl adjacent to an activating group) is 1. The highest BCUT2D eigenvalue weighted by atomic mass is 16.2. The van der Waals surface area contributed by atoms with E-state index in [-0.39, 0.29) is 23.9 Å². The normalized spacial score (nSPS) is 17.8. The van der Waals surface area contributed by atoms with Crippen molar-refractivity contribution in [3.8, 4) is 0 Å². The maximum Gasteiger partial charge on any atom is 0.251 e. The summed E-state index contributed by atoms with van der Waals surface area (Å²) in [5, 5.41) is 0.914. The lowest BCUT2D eigenvalue weighted by atomic mass is 10.0. The Hall–Kier alpha value is -2.63. The van der Waals surface area contributed by atoms with E-state index in [2.05, 4.69) is 6.92 Å².